The standard InChI is InChI=1S/C25H20N4O4/c30-24(31)15-19(17-10-4-7-13-22(17)33-16-8-2-1-3-9-16)27-25(32)20-14-23-26-18-11-5-6-12-21(18)29(23)28-20/h1-14,19,26H,15H2,(H,27,32)(H,30,31). The molecule has 3 N–H and O–H groups in total. The minimum atomic E-state index is -1.04. The molecule has 1 unspecified atom stereocenters. The highest BCUT2D eigenvalue weighted by atomic mass is 16.5. The molecule has 0 saturated carbocycles. The summed E-state index contributed by atoms with van der Waals surface area (Å²) in [4.78, 5) is 27.9. The molecule has 0 radical (unpaired) electrons. The number of carboxylic acid groups (broad SMARTS) is 1. The largest absolute Gasteiger partial charge is 0.481 e. The van der Waals surface area contributed by atoms with E-state index >= 15 is 0 Å². The summed E-state index contributed by atoms with van der Waals surface area (Å²) in [6.45, 7) is 0. The Morgan fingerprint density at radius 3 is 2.55 bits per heavy atom. The van der Waals surface area contributed by atoms with E-state index in [0.717, 1.165) is 11.0 Å². The lowest BCUT2D eigenvalue weighted by molar-refractivity contribution is -0.137. The Morgan fingerprint density at radius 2 is 1.73 bits per heavy atom. The molecule has 0 aliphatic carbocycles. The first-order valence-electron chi connectivity index (χ1n) is 10.4. The Labute approximate surface area is 188 Å². The molecular weight excluding hydrogens is 420 g/mol. The number of ether oxygens (including phenoxy) is 1. The minimum Gasteiger partial charge on any atom is -0.481 e. The van der Waals surface area contributed by atoms with E-state index in [1.54, 1.807) is 47.0 Å². The van der Waals surface area contributed by atoms with Gasteiger partial charge in [0.25, 0.3) is 5.91 Å². The van der Waals surface area contributed by atoms with Gasteiger partial charge in [0.2, 0.25) is 0 Å². The Balaban J connectivity index is 1.45. The van der Waals surface area contributed by atoms with E-state index in [-0.39, 0.29) is 12.1 Å². The van der Waals surface area contributed by atoms with Crippen molar-refractivity contribution in [3.05, 3.63) is 96.2 Å². The van der Waals surface area contributed by atoms with Gasteiger partial charge >= 0.3 is 5.97 Å². The maximum absolute atomic E-state index is 13.0. The van der Waals surface area contributed by atoms with E-state index in [1.165, 1.54) is 0 Å². The minimum absolute atomic E-state index is 0.184. The Hall–Kier alpha value is -4.59. The predicted octanol–water partition coefficient (Wildman–Crippen LogP) is 4.55. The number of nitrogens with zero attached hydrogens (tertiary/aromatic N) is 2. The molecule has 0 bridgehead atoms. The number of carbonyl (C=O) groups is 2. The number of amides is 1. The summed E-state index contributed by atoms with van der Waals surface area (Å²) in [5, 5.41) is 16.7. The quantitative estimate of drug-likeness (QED) is 0.344. The van der Waals surface area contributed by atoms with Crippen molar-refractivity contribution >= 4 is 28.6 Å². The molecule has 0 spiro atoms. The fourth-order valence-corrected chi connectivity index (χ4v) is 3.79. The number of aromatic amines is 1. The number of H-pyrrole nitrogens is 1. The number of carboxylic acids is 1. The molecule has 8 nitrogen and oxygen atoms in total. The molecule has 5 rings (SSSR count). The highest BCUT2D eigenvalue weighted by Crippen LogP contribution is 2.31. The molecule has 33 heavy (non-hydrogen) atoms. The molecule has 0 aliphatic rings. The fourth-order valence-electron chi connectivity index (χ4n) is 3.79. The molecular formula is C25H20N4O4. The van der Waals surface area contributed by atoms with E-state index in [0.29, 0.717) is 22.7 Å². The molecule has 1 atom stereocenters. The highest BCUT2D eigenvalue weighted by Gasteiger charge is 2.24. The van der Waals surface area contributed by atoms with Gasteiger partial charge in [-0.05, 0) is 30.3 Å². The van der Waals surface area contributed by atoms with Gasteiger partial charge in [0.15, 0.2) is 5.69 Å². The van der Waals surface area contributed by atoms with Gasteiger partial charge in [-0.3, -0.25) is 9.59 Å². The summed E-state index contributed by atoms with van der Waals surface area (Å²) in [6.07, 6.45) is -0.310. The smallest absolute Gasteiger partial charge is 0.305 e. The first-order chi connectivity index (χ1) is 16.1. The van der Waals surface area contributed by atoms with Gasteiger partial charge in [0, 0.05) is 11.6 Å². The third-order valence-electron chi connectivity index (χ3n) is 5.29. The number of imidazole rings is 1. The molecule has 0 saturated heterocycles. The van der Waals surface area contributed by atoms with Crippen LogP contribution in [0.1, 0.15) is 28.5 Å². The summed E-state index contributed by atoms with van der Waals surface area (Å²) < 4.78 is 7.63. The molecule has 1 amide bonds. The Bertz CT molecular complexity index is 1460. The van der Waals surface area contributed by atoms with Crippen molar-refractivity contribution in [2.75, 3.05) is 0 Å². The van der Waals surface area contributed by atoms with E-state index in [1.807, 2.05) is 42.5 Å². The summed E-state index contributed by atoms with van der Waals surface area (Å²) in [5.41, 5.74) is 3.16. The number of carbonyl (C=O) groups excluding carboxylic acids is 1. The third-order valence-corrected chi connectivity index (χ3v) is 5.29. The number of benzene rings is 3. The van der Waals surface area contributed by atoms with Crippen molar-refractivity contribution in [3.8, 4) is 11.5 Å². The zero-order chi connectivity index (χ0) is 22.8. The van der Waals surface area contributed by atoms with Gasteiger partial charge in [-0.2, -0.15) is 5.10 Å². The number of para-hydroxylation sites is 4. The number of hydrogen-bond donors (Lipinski definition) is 3. The van der Waals surface area contributed by atoms with Gasteiger partial charge in [0.05, 0.1) is 23.5 Å². The molecule has 0 aliphatic heterocycles. The fraction of sp³-hybridized carbons (Fsp3) is 0.0800. The maximum atomic E-state index is 13.0. The highest BCUT2D eigenvalue weighted by molar-refractivity contribution is 5.95. The normalized spacial score (nSPS) is 12.0. The van der Waals surface area contributed by atoms with Crippen molar-refractivity contribution in [1.29, 1.82) is 0 Å². The van der Waals surface area contributed by atoms with Crippen molar-refractivity contribution in [2.24, 2.45) is 0 Å². The van der Waals surface area contributed by atoms with Crippen LogP contribution in [0.2, 0.25) is 0 Å². The van der Waals surface area contributed by atoms with Gasteiger partial charge in [-0.1, -0.05) is 48.5 Å². The van der Waals surface area contributed by atoms with E-state index in [2.05, 4.69) is 15.4 Å². The topological polar surface area (TPSA) is 109 Å². The maximum Gasteiger partial charge on any atom is 0.305 e. The zero-order valence-corrected chi connectivity index (χ0v) is 17.4. The van der Waals surface area contributed by atoms with E-state index in [4.69, 9.17) is 4.74 Å². The molecule has 8 heteroatoms. The Kier molecular flexibility index (Phi) is 5.24. The van der Waals surface area contributed by atoms with Crippen LogP contribution in [0.5, 0.6) is 11.5 Å². The van der Waals surface area contributed by atoms with Gasteiger partial charge in [-0.15, -0.1) is 0 Å². The van der Waals surface area contributed by atoms with E-state index in [9.17, 15) is 14.7 Å². The lowest BCUT2D eigenvalue weighted by Gasteiger charge is -2.20. The van der Waals surface area contributed by atoms with Crippen LogP contribution in [0.25, 0.3) is 16.7 Å². The van der Waals surface area contributed by atoms with Crippen LogP contribution in [0, 0.1) is 0 Å². The number of hydrogen-bond acceptors (Lipinski definition) is 4. The molecule has 3 aromatic carbocycles. The average Bonchev–Trinajstić information content (AvgIpc) is 3.38. The number of aliphatic carboxylic acids is 1. The van der Waals surface area contributed by atoms with Crippen LogP contribution in [0.15, 0.2) is 84.9 Å². The van der Waals surface area contributed by atoms with E-state index < -0.39 is 17.9 Å². The third kappa shape index (κ3) is 4.14. The number of fused-ring (bicyclic) bond motifs is 3. The number of aromatic nitrogens is 3. The molecule has 2 heterocycles. The summed E-state index contributed by atoms with van der Waals surface area (Å²) in [7, 11) is 0. The van der Waals surface area contributed by atoms with Gasteiger partial charge in [0.1, 0.15) is 17.1 Å². The lowest BCUT2D eigenvalue weighted by atomic mass is 10.0. The number of rotatable bonds is 7. The second-order valence-electron chi connectivity index (χ2n) is 7.55. The van der Waals surface area contributed by atoms with Crippen LogP contribution >= 0.6 is 0 Å². The predicted molar refractivity (Wildman–Crippen MR) is 122 cm³/mol. The van der Waals surface area contributed by atoms with Crippen LogP contribution in [-0.4, -0.2) is 31.6 Å². The summed E-state index contributed by atoms with van der Waals surface area (Å²) >= 11 is 0. The molecule has 5 aromatic rings. The van der Waals surface area contributed by atoms with Gasteiger partial charge in [-0.25, -0.2) is 4.52 Å². The second kappa shape index (κ2) is 8.51. The van der Waals surface area contributed by atoms with Crippen molar-refractivity contribution in [2.45, 2.75) is 12.5 Å². The second-order valence-corrected chi connectivity index (χ2v) is 7.55. The van der Waals surface area contributed by atoms with Crippen LogP contribution in [0.3, 0.4) is 0 Å². The number of nitrogens with one attached hydrogen (secondary N) is 2. The van der Waals surface area contributed by atoms with Crippen molar-refractivity contribution < 1.29 is 19.4 Å². The van der Waals surface area contributed by atoms with Gasteiger partial charge < -0.3 is 20.1 Å². The summed E-state index contributed by atoms with van der Waals surface area (Å²) in [5.74, 6) is -0.437. The van der Waals surface area contributed by atoms with Crippen LogP contribution in [0.4, 0.5) is 0 Å². The monoisotopic (exact) mass is 440 g/mol. The van der Waals surface area contributed by atoms with Crippen LogP contribution < -0.4 is 10.1 Å². The SMILES string of the molecule is O=C(O)CC(NC(=O)c1cc2[nH]c3ccccc3n2n1)c1ccccc1Oc1ccccc1. The zero-order valence-electron chi connectivity index (χ0n) is 17.4. The summed E-state index contributed by atoms with van der Waals surface area (Å²) in [6, 6.07) is 24.7. The van der Waals surface area contributed by atoms with Crippen molar-refractivity contribution in [3.63, 3.8) is 0 Å². The first-order valence-corrected chi connectivity index (χ1v) is 10.4. The molecule has 0 fully saturated rings. The van der Waals surface area contributed by atoms with Crippen LogP contribution in [-0.2, 0) is 4.79 Å². The Morgan fingerprint density at radius 1 is 1.00 bits per heavy atom. The first kappa shape index (κ1) is 20.3. The lowest BCUT2D eigenvalue weighted by Crippen LogP contribution is -2.30. The molecule has 164 valence electrons. The van der Waals surface area contributed by atoms with Crippen molar-refractivity contribution in [1.82, 2.24) is 19.9 Å². The molecule has 2 aromatic heterocycles. The average molecular weight is 440 g/mol.